The van der Waals surface area contributed by atoms with E-state index < -0.39 is 17.4 Å². The van der Waals surface area contributed by atoms with Gasteiger partial charge in [-0.05, 0) is 92.7 Å². The maximum absolute atomic E-state index is 11.6. The molecule has 0 aliphatic heterocycles. The predicted octanol–water partition coefficient (Wildman–Crippen LogP) is 11.0. The molecule has 6 nitrogen and oxygen atoms in total. The van der Waals surface area contributed by atoms with Crippen LogP contribution in [0, 0.1) is 0 Å². The summed E-state index contributed by atoms with van der Waals surface area (Å²) in [7, 11) is 0. The van der Waals surface area contributed by atoms with Crippen LogP contribution in [-0.2, 0) is 18.6 Å². The first-order chi connectivity index (χ1) is 25.9. The molecule has 0 spiro atoms. The van der Waals surface area contributed by atoms with E-state index in [1.807, 2.05) is 24.3 Å². The standard InChI is InChI=1S/C45H30O6S2/c46-43(47)41-19-17-31(52-41)25-50-39-23-29(21-27-9-1-3-11-33(27)39)45(37-15-7-5-13-35(37)36-14-6-8-16-38(36)45)30-22-28-10-2-4-12-34(28)40(24-30)51-26-32-18-20-42(53-32)44(48)49/h1-24H,25-26H2,(H,46,47)(H,48,49). The van der Waals surface area contributed by atoms with Crippen molar-refractivity contribution in [3.8, 4) is 22.6 Å². The predicted molar refractivity (Wildman–Crippen MR) is 210 cm³/mol. The first-order valence-corrected chi connectivity index (χ1v) is 18.7. The van der Waals surface area contributed by atoms with Crippen LogP contribution in [0.5, 0.6) is 11.5 Å². The molecule has 0 saturated heterocycles. The smallest absolute Gasteiger partial charge is 0.345 e. The lowest BCUT2D eigenvalue weighted by atomic mass is 9.67. The van der Waals surface area contributed by atoms with Gasteiger partial charge >= 0.3 is 11.9 Å². The first-order valence-electron chi connectivity index (χ1n) is 17.1. The summed E-state index contributed by atoms with van der Waals surface area (Å²) in [5.41, 5.74) is 5.83. The molecular weight excluding hydrogens is 701 g/mol. The average Bonchev–Trinajstić information content (AvgIpc) is 3.94. The van der Waals surface area contributed by atoms with E-state index in [9.17, 15) is 19.8 Å². The van der Waals surface area contributed by atoms with Gasteiger partial charge in [0.25, 0.3) is 0 Å². The van der Waals surface area contributed by atoms with Gasteiger partial charge in [-0.2, -0.15) is 0 Å². The number of carboxylic acid groups (broad SMARTS) is 2. The highest BCUT2D eigenvalue weighted by Crippen LogP contribution is 2.57. The van der Waals surface area contributed by atoms with E-state index >= 15 is 0 Å². The number of aromatic carboxylic acids is 2. The fourth-order valence-corrected chi connectivity index (χ4v) is 9.20. The van der Waals surface area contributed by atoms with Gasteiger partial charge < -0.3 is 19.7 Å². The molecule has 8 aromatic rings. The van der Waals surface area contributed by atoms with Crippen LogP contribution in [0.3, 0.4) is 0 Å². The van der Waals surface area contributed by atoms with E-state index in [-0.39, 0.29) is 23.0 Å². The monoisotopic (exact) mass is 730 g/mol. The Labute approximate surface area is 312 Å². The maximum Gasteiger partial charge on any atom is 0.345 e. The van der Waals surface area contributed by atoms with Gasteiger partial charge in [0.1, 0.15) is 34.5 Å². The lowest BCUT2D eigenvalue weighted by molar-refractivity contribution is 0.0691. The van der Waals surface area contributed by atoms with E-state index in [0.717, 1.165) is 64.7 Å². The minimum atomic E-state index is -0.951. The summed E-state index contributed by atoms with van der Waals surface area (Å²) in [6.45, 7) is 0.456. The summed E-state index contributed by atoms with van der Waals surface area (Å²) >= 11 is 2.43. The largest absolute Gasteiger partial charge is 0.487 e. The van der Waals surface area contributed by atoms with Gasteiger partial charge in [0.05, 0.1) is 5.41 Å². The van der Waals surface area contributed by atoms with Gasteiger partial charge in [-0.15, -0.1) is 22.7 Å². The second-order valence-corrected chi connectivity index (χ2v) is 15.3. The molecule has 53 heavy (non-hydrogen) atoms. The number of rotatable bonds is 10. The van der Waals surface area contributed by atoms with Crippen molar-refractivity contribution in [2.24, 2.45) is 0 Å². The highest BCUT2D eigenvalue weighted by atomic mass is 32.1. The van der Waals surface area contributed by atoms with Crippen molar-refractivity contribution in [2.45, 2.75) is 18.6 Å². The zero-order valence-corrected chi connectivity index (χ0v) is 29.7. The number of carbonyl (C=O) groups is 2. The molecule has 9 rings (SSSR count). The summed E-state index contributed by atoms with van der Waals surface area (Å²) in [4.78, 5) is 25.4. The number of hydrogen-bond acceptors (Lipinski definition) is 6. The van der Waals surface area contributed by atoms with Crippen LogP contribution in [0.15, 0.2) is 146 Å². The number of hydrogen-bond donors (Lipinski definition) is 2. The third-order valence-electron chi connectivity index (χ3n) is 9.95. The lowest BCUT2D eigenvalue weighted by Crippen LogP contribution is -2.29. The summed E-state index contributed by atoms with van der Waals surface area (Å²) in [5.74, 6) is -0.496. The summed E-state index contributed by atoms with van der Waals surface area (Å²) in [6.07, 6.45) is 0. The molecule has 0 atom stereocenters. The molecule has 2 N–H and O–H groups in total. The lowest BCUT2D eigenvalue weighted by Gasteiger charge is -2.35. The van der Waals surface area contributed by atoms with E-state index in [0.29, 0.717) is 11.5 Å². The minimum absolute atomic E-state index is 0.228. The van der Waals surface area contributed by atoms with E-state index in [1.54, 1.807) is 24.3 Å². The van der Waals surface area contributed by atoms with Crippen molar-refractivity contribution in [1.82, 2.24) is 0 Å². The van der Waals surface area contributed by atoms with Crippen LogP contribution in [0.2, 0.25) is 0 Å². The highest BCUT2D eigenvalue weighted by molar-refractivity contribution is 7.14. The maximum atomic E-state index is 11.6. The van der Waals surface area contributed by atoms with Crippen LogP contribution in [0.1, 0.15) is 51.4 Å². The Hall–Kier alpha value is -6.22. The molecule has 0 unspecified atom stereocenters. The van der Waals surface area contributed by atoms with E-state index in [4.69, 9.17) is 9.47 Å². The third kappa shape index (κ3) is 5.55. The average molecular weight is 731 g/mol. The van der Waals surface area contributed by atoms with Crippen molar-refractivity contribution in [3.63, 3.8) is 0 Å². The normalized spacial score (nSPS) is 12.8. The van der Waals surface area contributed by atoms with Gasteiger partial charge in [-0.25, -0.2) is 9.59 Å². The fourth-order valence-electron chi connectivity index (χ4n) is 7.69. The minimum Gasteiger partial charge on any atom is -0.487 e. The van der Waals surface area contributed by atoms with Gasteiger partial charge in [0.15, 0.2) is 0 Å². The molecule has 2 aromatic heterocycles. The van der Waals surface area contributed by atoms with Crippen molar-refractivity contribution < 1.29 is 29.3 Å². The molecule has 258 valence electrons. The summed E-state index contributed by atoms with van der Waals surface area (Å²) < 4.78 is 13.2. The fraction of sp³-hybridized carbons (Fsp3) is 0.0667. The van der Waals surface area contributed by atoms with Gasteiger partial charge in [-0.3, -0.25) is 0 Å². The Kier molecular flexibility index (Phi) is 8.06. The Balaban J connectivity index is 1.27. The molecular formula is C45H30O6S2. The Morgan fingerprint density at radius 3 is 1.36 bits per heavy atom. The number of ether oxygens (including phenoxy) is 2. The van der Waals surface area contributed by atoms with Crippen LogP contribution in [-0.4, -0.2) is 22.2 Å². The van der Waals surface area contributed by atoms with Crippen molar-refractivity contribution in [3.05, 3.63) is 187 Å². The molecule has 0 fully saturated rings. The Morgan fingerprint density at radius 2 is 0.925 bits per heavy atom. The second kappa shape index (κ2) is 13.1. The topological polar surface area (TPSA) is 93.1 Å². The second-order valence-electron chi connectivity index (χ2n) is 13.0. The molecule has 1 aliphatic rings. The molecule has 2 heterocycles. The zero-order valence-electron chi connectivity index (χ0n) is 28.1. The van der Waals surface area contributed by atoms with Crippen molar-refractivity contribution >= 4 is 56.2 Å². The third-order valence-corrected chi connectivity index (χ3v) is 12.0. The summed E-state index contributed by atoms with van der Waals surface area (Å²) in [5, 5.41) is 23.0. The molecule has 0 radical (unpaired) electrons. The van der Waals surface area contributed by atoms with Gasteiger partial charge in [-0.1, -0.05) is 97.1 Å². The Morgan fingerprint density at radius 1 is 0.509 bits per heavy atom. The van der Waals surface area contributed by atoms with Crippen molar-refractivity contribution in [2.75, 3.05) is 0 Å². The first kappa shape index (κ1) is 32.7. The number of benzene rings is 6. The zero-order chi connectivity index (χ0) is 36.1. The molecule has 1 aliphatic carbocycles. The van der Waals surface area contributed by atoms with Crippen LogP contribution in [0.4, 0.5) is 0 Å². The van der Waals surface area contributed by atoms with E-state index in [2.05, 4.69) is 97.1 Å². The quantitative estimate of drug-likeness (QED) is 0.146. The molecule has 0 amide bonds. The number of thiophene rings is 2. The van der Waals surface area contributed by atoms with Crippen LogP contribution in [0.25, 0.3) is 32.7 Å². The van der Waals surface area contributed by atoms with Crippen LogP contribution < -0.4 is 9.47 Å². The van der Waals surface area contributed by atoms with Crippen LogP contribution >= 0.6 is 22.7 Å². The molecule has 8 heteroatoms. The number of carboxylic acids is 2. The van der Waals surface area contributed by atoms with Gasteiger partial charge in [0.2, 0.25) is 0 Å². The summed E-state index contributed by atoms with van der Waals surface area (Å²) in [6, 6.07) is 49.1. The van der Waals surface area contributed by atoms with Crippen molar-refractivity contribution in [1.29, 1.82) is 0 Å². The van der Waals surface area contributed by atoms with E-state index in [1.165, 1.54) is 22.7 Å². The number of fused-ring (bicyclic) bond motifs is 5. The SMILES string of the molecule is O=C(O)c1ccc(COc2cc(C3(c4cc(OCc5ccc(C(=O)O)s5)c5ccccc5c4)c4ccccc4-c4ccccc43)cc3ccccc23)s1. The molecule has 0 bridgehead atoms. The Bertz CT molecular complexity index is 2540. The highest BCUT2D eigenvalue weighted by Gasteiger charge is 2.46. The molecule has 0 saturated carbocycles. The molecule has 6 aromatic carbocycles. The van der Waals surface area contributed by atoms with Gasteiger partial charge in [0, 0.05) is 20.5 Å².